The van der Waals surface area contributed by atoms with Crippen molar-refractivity contribution in [2.75, 3.05) is 6.54 Å². The number of hydrogen-bond acceptors (Lipinski definition) is 2. The highest BCUT2D eigenvalue weighted by atomic mass is 19.1. The Balaban J connectivity index is 2.45. The zero-order chi connectivity index (χ0) is 15.0. The zero-order valence-corrected chi connectivity index (χ0v) is 12.3. The van der Waals surface area contributed by atoms with Crippen LogP contribution in [-0.2, 0) is 6.54 Å². The number of carboxylic acids is 1. The normalized spacial score (nSPS) is 12.3. The summed E-state index contributed by atoms with van der Waals surface area (Å²) in [5.74, 6) is -1.25. The van der Waals surface area contributed by atoms with Gasteiger partial charge in [-0.1, -0.05) is 39.2 Å². The molecule has 0 fully saturated rings. The Morgan fingerprint density at radius 1 is 1.40 bits per heavy atom. The number of carboxylic acid groups (broad SMARTS) is 1. The van der Waals surface area contributed by atoms with Gasteiger partial charge in [0.15, 0.2) is 0 Å². The topological polar surface area (TPSA) is 49.3 Å². The smallest absolute Gasteiger partial charge is 0.338 e. The van der Waals surface area contributed by atoms with Gasteiger partial charge in [-0.15, -0.1) is 0 Å². The molecule has 0 bridgehead atoms. The molecule has 112 valence electrons. The second-order valence-corrected chi connectivity index (χ2v) is 5.17. The first kappa shape index (κ1) is 16.6. The molecule has 0 heterocycles. The van der Waals surface area contributed by atoms with Crippen molar-refractivity contribution in [3.63, 3.8) is 0 Å². The summed E-state index contributed by atoms with van der Waals surface area (Å²) in [6.45, 7) is 5.86. The molecular formula is C16H24FNO2. The molecule has 0 radical (unpaired) electrons. The zero-order valence-electron chi connectivity index (χ0n) is 12.3. The van der Waals surface area contributed by atoms with Gasteiger partial charge in [-0.2, -0.15) is 0 Å². The summed E-state index contributed by atoms with van der Waals surface area (Å²) in [5.41, 5.74) is 0.501. The first-order valence-corrected chi connectivity index (χ1v) is 7.30. The van der Waals surface area contributed by atoms with Crippen LogP contribution in [0.5, 0.6) is 0 Å². The van der Waals surface area contributed by atoms with Crippen LogP contribution in [0.3, 0.4) is 0 Å². The molecule has 0 aliphatic carbocycles. The van der Waals surface area contributed by atoms with E-state index in [2.05, 4.69) is 19.2 Å². The standard InChI is InChI=1S/C16H24FNO2/c1-3-5-6-12(4-2)10-18-11-13-7-8-14(16(19)20)15(17)9-13/h7-9,12,18H,3-6,10-11H2,1-2H3,(H,19,20). The fourth-order valence-electron chi connectivity index (χ4n) is 2.21. The highest BCUT2D eigenvalue weighted by Gasteiger charge is 2.10. The summed E-state index contributed by atoms with van der Waals surface area (Å²) in [7, 11) is 0. The molecule has 1 rings (SSSR count). The molecular weight excluding hydrogens is 257 g/mol. The maximum Gasteiger partial charge on any atom is 0.338 e. The van der Waals surface area contributed by atoms with Gasteiger partial charge in [0.2, 0.25) is 0 Å². The lowest BCUT2D eigenvalue weighted by molar-refractivity contribution is 0.0692. The second kappa shape index (κ2) is 8.69. The van der Waals surface area contributed by atoms with E-state index in [4.69, 9.17) is 5.11 Å². The van der Waals surface area contributed by atoms with Gasteiger partial charge in [-0.25, -0.2) is 9.18 Å². The Morgan fingerprint density at radius 2 is 2.15 bits per heavy atom. The maximum atomic E-state index is 13.5. The van der Waals surface area contributed by atoms with E-state index < -0.39 is 11.8 Å². The van der Waals surface area contributed by atoms with Crippen molar-refractivity contribution >= 4 is 5.97 Å². The van der Waals surface area contributed by atoms with Crippen molar-refractivity contribution in [3.05, 3.63) is 35.1 Å². The van der Waals surface area contributed by atoms with Crippen LogP contribution in [0.25, 0.3) is 0 Å². The highest BCUT2D eigenvalue weighted by Crippen LogP contribution is 2.13. The van der Waals surface area contributed by atoms with Crippen molar-refractivity contribution < 1.29 is 14.3 Å². The SMILES string of the molecule is CCCCC(CC)CNCc1ccc(C(=O)O)c(F)c1. The van der Waals surface area contributed by atoms with Gasteiger partial charge in [0.25, 0.3) is 0 Å². The Labute approximate surface area is 120 Å². The van der Waals surface area contributed by atoms with E-state index in [1.807, 2.05) is 0 Å². The molecule has 3 nitrogen and oxygen atoms in total. The molecule has 2 N–H and O–H groups in total. The highest BCUT2D eigenvalue weighted by molar-refractivity contribution is 5.87. The fourth-order valence-corrected chi connectivity index (χ4v) is 2.21. The molecule has 1 unspecified atom stereocenters. The number of halogens is 1. The van der Waals surface area contributed by atoms with E-state index in [9.17, 15) is 9.18 Å². The summed E-state index contributed by atoms with van der Waals surface area (Å²) < 4.78 is 13.5. The van der Waals surface area contributed by atoms with Crippen LogP contribution in [0.2, 0.25) is 0 Å². The Hall–Kier alpha value is -1.42. The summed E-state index contributed by atoms with van der Waals surface area (Å²) in [6, 6.07) is 4.28. The molecule has 0 aromatic heterocycles. The van der Waals surface area contributed by atoms with Gasteiger partial charge >= 0.3 is 5.97 Å². The molecule has 0 spiro atoms. The summed E-state index contributed by atoms with van der Waals surface area (Å²) >= 11 is 0. The molecule has 1 aromatic carbocycles. The molecule has 0 aliphatic heterocycles. The van der Waals surface area contributed by atoms with Gasteiger partial charge in [-0.3, -0.25) is 0 Å². The number of aromatic carboxylic acids is 1. The van der Waals surface area contributed by atoms with Crippen LogP contribution in [0.15, 0.2) is 18.2 Å². The molecule has 0 saturated heterocycles. The monoisotopic (exact) mass is 281 g/mol. The number of hydrogen-bond donors (Lipinski definition) is 2. The predicted molar refractivity (Wildman–Crippen MR) is 78.4 cm³/mol. The van der Waals surface area contributed by atoms with E-state index in [0.29, 0.717) is 12.5 Å². The van der Waals surface area contributed by atoms with Crippen LogP contribution in [-0.4, -0.2) is 17.6 Å². The third-order valence-electron chi connectivity index (χ3n) is 3.57. The van der Waals surface area contributed by atoms with Crippen LogP contribution < -0.4 is 5.32 Å². The minimum Gasteiger partial charge on any atom is -0.478 e. The average Bonchev–Trinajstić information content (AvgIpc) is 2.42. The largest absolute Gasteiger partial charge is 0.478 e. The number of unbranched alkanes of at least 4 members (excludes halogenated alkanes) is 1. The van der Waals surface area contributed by atoms with Crippen molar-refractivity contribution in [3.8, 4) is 0 Å². The van der Waals surface area contributed by atoms with Crippen LogP contribution in [0, 0.1) is 11.7 Å². The predicted octanol–water partition coefficient (Wildman–Crippen LogP) is 3.83. The van der Waals surface area contributed by atoms with Crippen molar-refractivity contribution in [2.45, 2.75) is 46.1 Å². The minimum atomic E-state index is -1.23. The number of rotatable bonds is 9. The summed E-state index contributed by atoms with van der Waals surface area (Å²) in [4.78, 5) is 10.7. The number of carbonyl (C=O) groups is 1. The third-order valence-corrected chi connectivity index (χ3v) is 3.57. The van der Waals surface area contributed by atoms with Crippen LogP contribution >= 0.6 is 0 Å². The lowest BCUT2D eigenvalue weighted by Crippen LogP contribution is -2.22. The first-order valence-electron chi connectivity index (χ1n) is 7.30. The maximum absolute atomic E-state index is 13.5. The lowest BCUT2D eigenvalue weighted by Gasteiger charge is -2.15. The van der Waals surface area contributed by atoms with E-state index in [0.717, 1.165) is 18.5 Å². The van der Waals surface area contributed by atoms with Crippen LogP contribution in [0.4, 0.5) is 4.39 Å². The summed E-state index contributed by atoms with van der Waals surface area (Å²) in [5, 5.41) is 12.1. The van der Waals surface area contributed by atoms with Crippen molar-refractivity contribution in [2.24, 2.45) is 5.92 Å². The number of benzene rings is 1. The van der Waals surface area contributed by atoms with E-state index in [1.165, 1.54) is 31.4 Å². The van der Waals surface area contributed by atoms with E-state index >= 15 is 0 Å². The number of nitrogens with one attached hydrogen (secondary N) is 1. The van der Waals surface area contributed by atoms with Crippen LogP contribution in [0.1, 0.15) is 55.5 Å². The van der Waals surface area contributed by atoms with E-state index in [-0.39, 0.29) is 5.56 Å². The molecule has 1 atom stereocenters. The van der Waals surface area contributed by atoms with Crippen molar-refractivity contribution in [1.82, 2.24) is 5.32 Å². The Bertz CT molecular complexity index is 434. The molecule has 20 heavy (non-hydrogen) atoms. The average molecular weight is 281 g/mol. The molecule has 0 aliphatic rings. The van der Waals surface area contributed by atoms with Gasteiger partial charge in [0.1, 0.15) is 5.82 Å². The third kappa shape index (κ3) is 5.29. The minimum absolute atomic E-state index is 0.275. The molecule has 1 aromatic rings. The quantitative estimate of drug-likeness (QED) is 0.723. The Morgan fingerprint density at radius 3 is 2.70 bits per heavy atom. The molecule has 0 amide bonds. The lowest BCUT2D eigenvalue weighted by atomic mass is 9.99. The van der Waals surface area contributed by atoms with E-state index in [1.54, 1.807) is 6.07 Å². The van der Waals surface area contributed by atoms with Gasteiger partial charge in [-0.05, 0) is 36.6 Å². The Kier molecular flexibility index (Phi) is 7.23. The van der Waals surface area contributed by atoms with Crippen molar-refractivity contribution in [1.29, 1.82) is 0 Å². The second-order valence-electron chi connectivity index (χ2n) is 5.17. The van der Waals surface area contributed by atoms with Gasteiger partial charge in [0, 0.05) is 6.54 Å². The summed E-state index contributed by atoms with van der Waals surface area (Å²) in [6.07, 6.45) is 4.80. The fraction of sp³-hybridized carbons (Fsp3) is 0.562. The first-order chi connectivity index (χ1) is 9.58. The van der Waals surface area contributed by atoms with Gasteiger partial charge in [0.05, 0.1) is 5.56 Å². The molecule has 0 saturated carbocycles. The molecule has 4 heteroatoms. The van der Waals surface area contributed by atoms with Gasteiger partial charge < -0.3 is 10.4 Å².